The number of hydrogen-bond donors (Lipinski definition) is 0. The molecular formula is C22H26ClN3OS. The predicted molar refractivity (Wildman–Crippen MR) is 119 cm³/mol. The number of hydrogen-bond acceptors (Lipinski definition) is 4. The van der Waals surface area contributed by atoms with Gasteiger partial charge in [-0.05, 0) is 76.5 Å². The van der Waals surface area contributed by atoms with Gasteiger partial charge in [0, 0.05) is 21.5 Å². The molecule has 1 saturated heterocycles. The fourth-order valence-corrected chi connectivity index (χ4v) is 5.53. The first-order valence-corrected chi connectivity index (χ1v) is 11.1. The third kappa shape index (κ3) is 3.30. The molecule has 0 saturated carbocycles. The molecule has 0 amide bonds. The van der Waals surface area contributed by atoms with Crippen LogP contribution in [0, 0.1) is 13.8 Å². The van der Waals surface area contributed by atoms with Gasteiger partial charge in [0.2, 0.25) is 0 Å². The van der Waals surface area contributed by atoms with Gasteiger partial charge in [-0.2, -0.15) is 0 Å². The number of halogens is 1. The Morgan fingerprint density at radius 3 is 2.61 bits per heavy atom. The molecule has 0 N–H and O–H groups in total. The summed E-state index contributed by atoms with van der Waals surface area (Å²) in [6.45, 7) is 8.14. The van der Waals surface area contributed by atoms with E-state index in [1.165, 1.54) is 4.88 Å². The zero-order chi connectivity index (χ0) is 20.0. The standard InChI is InChI=1S/C22H26ClN3OS/c1-5-18-19(15-6-7-17(23)13(2)12-15)20-21(28-18)24-14(3)26(22(20)27)16-8-10-25(4)11-9-16/h6-7,12,16H,5,8-11H2,1-4H3. The summed E-state index contributed by atoms with van der Waals surface area (Å²) >= 11 is 7.89. The quantitative estimate of drug-likeness (QED) is 0.588. The van der Waals surface area contributed by atoms with Crippen LogP contribution in [0.15, 0.2) is 23.0 Å². The van der Waals surface area contributed by atoms with E-state index >= 15 is 0 Å². The summed E-state index contributed by atoms with van der Waals surface area (Å²) in [5.74, 6) is 0.829. The molecule has 0 bridgehead atoms. The van der Waals surface area contributed by atoms with Gasteiger partial charge in [0.15, 0.2) is 0 Å². The van der Waals surface area contributed by atoms with Crippen molar-refractivity contribution in [2.75, 3.05) is 20.1 Å². The molecule has 0 aliphatic carbocycles. The number of piperidine rings is 1. The maximum atomic E-state index is 13.7. The van der Waals surface area contributed by atoms with Crippen molar-refractivity contribution in [3.8, 4) is 11.1 Å². The fraction of sp³-hybridized carbons (Fsp3) is 0.455. The van der Waals surface area contributed by atoms with Crippen LogP contribution in [-0.2, 0) is 6.42 Å². The Morgan fingerprint density at radius 2 is 1.96 bits per heavy atom. The number of benzene rings is 1. The molecule has 4 rings (SSSR count). The summed E-state index contributed by atoms with van der Waals surface area (Å²) in [6, 6.07) is 6.26. The first-order chi connectivity index (χ1) is 13.4. The Bertz CT molecular complexity index is 1090. The van der Waals surface area contributed by atoms with Gasteiger partial charge in [0.1, 0.15) is 10.7 Å². The molecule has 1 aliphatic heterocycles. The monoisotopic (exact) mass is 415 g/mol. The van der Waals surface area contributed by atoms with Crippen molar-refractivity contribution in [3.63, 3.8) is 0 Å². The number of thiophene rings is 1. The van der Waals surface area contributed by atoms with Crippen molar-refractivity contribution in [1.29, 1.82) is 0 Å². The van der Waals surface area contributed by atoms with Gasteiger partial charge in [0.05, 0.1) is 5.39 Å². The molecule has 1 aliphatic rings. The maximum absolute atomic E-state index is 13.7. The Labute approximate surface area is 174 Å². The van der Waals surface area contributed by atoms with Crippen molar-refractivity contribution in [1.82, 2.24) is 14.5 Å². The molecule has 3 aromatic rings. The minimum Gasteiger partial charge on any atom is -0.306 e. The van der Waals surface area contributed by atoms with Crippen molar-refractivity contribution in [2.45, 2.75) is 46.1 Å². The average Bonchev–Trinajstić information content (AvgIpc) is 3.04. The third-order valence-corrected chi connectivity index (χ3v) is 7.48. The predicted octanol–water partition coefficient (Wildman–Crippen LogP) is 5.22. The van der Waals surface area contributed by atoms with E-state index in [0.717, 1.165) is 70.1 Å². The largest absolute Gasteiger partial charge is 0.306 e. The molecule has 0 radical (unpaired) electrons. The van der Waals surface area contributed by atoms with Crippen molar-refractivity contribution >= 4 is 33.2 Å². The van der Waals surface area contributed by atoms with Crippen LogP contribution in [-0.4, -0.2) is 34.6 Å². The summed E-state index contributed by atoms with van der Waals surface area (Å²) < 4.78 is 1.95. The smallest absolute Gasteiger partial charge is 0.263 e. The average molecular weight is 416 g/mol. The molecular weight excluding hydrogens is 390 g/mol. The van der Waals surface area contributed by atoms with E-state index in [-0.39, 0.29) is 11.6 Å². The van der Waals surface area contributed by atoms with Crippen LogP contribution < -0.4 is 5.56 Å². The summed E-state index contributed by atoms with van der Waals surface area (Å²) in [5.41, 5.74) is 3.23. The van der Waals surface area contributed by atoms with Crippen LogP contribution in [0.3, 0.4) is 0 Å². The second-order valence-electron chi connectivity index (χ2n) is 7.77. The first-order valence-electron chi connectivity index (χ1n) is 9.90. The van der Waals surface area contributed by atoms with E-state index in [9.17, 15) is 4.79 Å². The number of fused-ring (bicyclic) bond motifs is 1. The minimum absolute atomic E-state index is 0.107. The molecule has 1 aromatic carbocycles. The van der Waals surface area contributed by atoms with E-state index in [2.05, 4.69) is 24.9 Å². The molecule has 0 atom stereocenters. The normalized spacial score (nSPS) is 16.2. The lowest BCUT2D eigenvalue weighted by atomic mass is 10.00. The zero-order valence-corrected chi connectivity index (χ0v) is 18.5. The lowest BCUT2D eigenvalue weighted by molar-refractivity contribution is 0.216. The van der Waals surface area contributed by atoms with Crippen LogP contribution in [0.2, 0.25) is 5.02 Å². The van der Waals surface area contributed by atoms with Crippen molar-refractivity contribution < 1.29 is 0 Å². The number of nitrogens with zero attached hydrogens (tertiary/aromatic N) is 3. The second kappa shape index (κ2) is 7.62. The SMILES string of the molecule is CCc1sc2nc(C)n(C3CCN(C)CC3)c(=O)c2c1-c1ccc(Cl)c(C)c1. The van der Waals surface area contributed by atoms with Crippen LogP contribution in [0.25, 0.3) is 21.3 Å². The molecule has 4 nitrogen and oxygen atoms in total. The number of likely N-dealkylation sites (tertiary alicyclic amines) is 1. The number of aryl methyl sites for hydroxylation is 3. The van der Waals surface area contributed by atoms with Crippen LogP contribution in [0.5, 0.6) is 0 Å². The van der Waals surface area contributed by atoms with Crippen LogP contribution in [0.4, 0.5) is 0 Å². The van der Waals surface area contributed by atoms with Crippen LogP contribution in [0.1, 0.15) is 42.1 Å². The van der Waals surface area contributed by atoms with Gasteiger partial charge < -0.3 is 4.90 Å². The summed E-state index contributed by atoms with van der Waals surface area (Å²) in [7, 11) is 2.14. The Kier molecular flexibility index (Phi) is 5.34. The van der Waals surface area contributed by atoms with Crippen LogP contribution >= 0.6 is 22.9 Å². The molecule has 148 valence electrons. The van der Waals surface area contributed by atoms with Gasteiger partial charge in [-0.15, -0.1) is 11.3 Å². The molecule has 2 aromatic heterocycles. The Balaban J connectivity index is 1.96. The Hall–Kier alpha value is -1.69. The van der Waals surface area contributed by atoms with Crippen molar-refractivity contribution in [2.24, 2.45) is 0 Å². The van der Waals surface area contributed by atoms with E-state index < -0.39 is 0 Å². The Morgan fingerprint density at radius 1 is 1.25 bits per heavy atom. The van der Waals surface area contributed by atoms with E-state index in [0.29, 0.717) is 0 Å². The summed E-state index contributed by atoms with van der Waals surface area (Å²) in [6.07, 6.45) is 2.86. The lowest BCUT2D eigenvalue weighted by Crippen LogP contribution is -2.36. The highest BCUT2D eigenvalue weighted by atomic mass is 35.5. The molecule has 28 heavy (non-hydrogen) atoms. The third-order valence-electron chi connectivity index (χ3n) is 5.83. The number of aromatic nitrogens is 2. The highest BCUT2D eigenvalue weighted by Crippen LogP contribution is 2.38. The molecule has 0 unspecified atom stereocenters. The highest BCUT2D eigenvalue weighted by Gasteiger charge is 2.25. The highest BCUT2D eigenvalue weighted by molar-refractivity contribution is 7.19. The van der Waals surface area contributed by atoms with E-state index in [1.807, 2.05) is 30.5 Å². The fourth-order valence-electron chi connectivity index (χ4n) is 4.25. The molecule has 6 heteroatoms. The van der Waals surface area contributed by atoms with Gasteiger partial charge >= 0.3 is 0 Å². The summed E-state index contributed by atoms with van der Waals surface area (Å²) in [5, 5.41) is 1.52. The zero-order valence-electron chi connectivity index (χ0n) is 16.9. The second-order valence-corrected chi connectivity index (χ2v) is 9.26. The molecule has 0 spiro atoms. The maximum Gasteiger partial charge on any atom is 0.263 e. The molecule has 3 heterocycles. The summed E-state index contributed by atoms with van der Waals surface area (Å²) in [4.78, 5) is 22.9. The minimum atomic E-state index is 0.107. The topological polar surface area (TPSA) is 38.1 Å². The van der Waals surface area contributed by atoms with E-state index in [4.69, 9.17) is 16.6 Å². The van der Waals surface area contributed by atoms with Gasteiger partial charge in [-0.1, -0.05) is 24.6 Å². The molecule has 1 fully saturated rings. The first kappa shape index (κ1) is 19.6. The van der Waals surface area contributed by atoms with Gasteiger partial charge in [-0.3, -0.25) is 9.36 Å². The lowest BCUT2D eigenvalue weighted by Gasteiger charge is -2.31. The number of rotatable bonds is 3. The van der Waals surface area contributed by atoms with Gasteiger partial charge in [0.25, 0.3) is 5.56 Å². The van der Waals surface area contributed by atoms with Gasteiger partial charge in [-0.25, -0.2) is 4.98 Å². The van der Waals surface area contributed by atoms with Crippen molar-refractivity contribution in [3.05, 3.63) is 49.8 Å². The van der Waals surface area contributed by atoms with E-state index in [1.54, 1.807) is 11.3 Å².